The Hall–Kier alpha value is -5.91. The van der Waals surface area contributed by atoms with Gasteiger partial charge in [-0.3, -0.25) is 28.5 Å². The molecular weight excluding hydrogens is 734 g/mol. The molecule has 6 atom stereocenters. The summed E-state index contributed by atoms with van der Waals surface area (Å²) in [7, 11) is 0. The molecule has 1 unspecified atom stereocenters. The molecule has 1 fully saturated rings. The van der Waals surface area contributed by atoms with Crippen molar-refractivity contribution in [3.8, 4) is 5.88 Å². The van der Waals surface area contributed by atoms with Crippen LogP contribution in [0.1, 0.15) is 102 Å². The highest BCUT2D eigenvalue weighted by Gasteiger charge is 2.53. The Kier molecular flexibility index (Phi) is 12.7. The molecule has 4 heterocycles. The van der Waals surface area contributed by atoms with Gasteiger partial charge in [-0.2, -0.15) is 4.98 Å². The summed E-state index contributed by atoms with van der Waals surface area (Å²) in [6.45, 7) is 13.1. The molecule has 5 rings (SSSR count). The maximum absolute atomic E-state index is 14.6. The summed E-state index contributed by atoms with van der Waals surface area (Å²) in [5.74, 6) is -3.71. The van der Waals surface area contributed by atoms with E-state index < -0.39 is 78.6 Å². The standard InChI is InChI=1S/C38H45N5O13/c1-10-50-38(49)29-19(4)52-35-31(30(29)26-13-11-25(12-14-26)18(2)3)36(48)42(20(5)39-35)15-27-16-43(41-40-27)37-34(55-24(9)47)33(54-23(8)46)32(53-22(7)45)28(56-37)17-51-21(6)44/h11-14,16,18,28,30,32-34,37H,10,15,17H2,1-9H3/t28-,30?,32-,33+,34-,37-/m1/s1. The Morgan fingerprint density at radius 2 is 1.48 bits per heavy atom. The summed E-state index contributed by atoms with van der Waals surface area (Å²) in [4.78, 5) is 81.1. The molecule has 18 heteroatoms. The van der Waals surface area contributed by atoms with Crippen LogP contribution in [0.2, 0.25) is 0 Å². The first-order valence-electron chi connectivity index (χ1n) is 18.0. The molecule has 0 saturated carbocycles. The number of carbonyl (C=O) groups excluding carboxylic acids is 5. The first-order chi connectivity index (χ1) is 26.5. The van der Waals surface area contributed by atoms with Crippen molar-refractivity contribution < 1.29 is 57.1 Å². The third-order valence-electron chi connectivity index (χ3n) is 9.10. The Morgan fingerprint density at radius 3 is 2.07 bits per heavy atom. The van der Waals surface area contributed by atoms with Crippen molar-refractivity contribution in [2.45, 2.75) is 111 Å². The van der Waals surface area contributed by atoms with E-state index in [4.69, 9.17) is 33.2 Å². The van der Waals surface area contributed by atoms with Crippen LogP contribution in [0.3, 0.4) is 0 Å². The Labute approximate surface area is 322 Å². The Balaban J connectivity index is 1.57. The van der Waals surface area contributed by atoms with E-state index in [1.807, 2.05) is 24.3 Å². The highest BCUT2D eigenvalue weighted by Crippen LogP contribution is 2.42. The minimum Gasteiger partial charge on any atom is -0.463 e. The zero-order chi connectivity index (χ0) is 41.0. The largest absolute Gasteiger partial charge is 0.463 e. The highest BCUT2D eigenvalue weighted by molar-refractivity contribution is 5.92. The fourth-order valence-electron chi connectivity index (χ4n) is 6.68. The van der Waals surface area contributed by atoms with Crippen molar-refractivity contribution in [3.05, 3.63) is 80.4 Å². The van der Waals surface area contributed by atoms with E-state index in [-0.39, 0.29) is 53.4 Å². The molecule has 1 saturated heterocycles. The number of carbonyl (C=O) groups is 5. The van der Waals surface area contributed by atoms with Crippen LogP contribution in [-0.4, -0.2) is 92.0 Å². The zero-order valence-corrected chi connectivity index (χ0v) is 32.6. The Morgan fingerprint density at radius 1 is 0.857 bits per heavy atom. The van der Waals surface area contributed by atoms with Gasteiger partial charge in [-0.05, 0) is 37.8 Å². The van der Waals surface area contributed by atoms with Gasteiger partial charge >= 0.3 is 29.8 Å². The van der Waals surface area contributed by atoms with Gasteiger partial charge in [0.1, 0.15) is 30.0 Å². The summed E-state index contributed by atoms with van der Waals surface area (Å²) < 4.78 is 41.8. The molecule has 2 aliphatic heterocycles. The predicted octanol–water partition coefficient (Wildman–Crippen LogP) is 2.93. The summed E-state index contributed by atoms with van der Waals surface area (Å²) >= 11 is 0. The van der Waals surface area contributed by atoms with E-state index >= 15 is 0 Å². The van der Waals surface area contributed by atoms with E-state index in [0.717, 1.165) is 26.3 Å². The van der Waals surface area contributed by atoms with Crippen molar-refractivity contribution in [1.29, 1.82) is 0 Å². The third kappa shape index (κ3) is 8.96. The number of hydrogen-bond acceptors (Lipinski definition) is 16. The second-order valence-electron chi connectivity index (χ2n) is 13.6. The molecular formula is C38H45N5O13. The minimum atomic E-state index is -1.44. The molecule has 1 aromatic carbocycles. The van der Waals surface area contributed by atoms with Gasteiger partial charge in [0, 0.05) is 27.7 Å². The lowest BCUT2D eigenvalue weighted by molar-refractivity contribution is -0.270. The normalized spacial score (nSPS) is 21.8. The lowest BCUT2D eigenvalue weighted by Gasteiger charge is -2.44. The molecule has 2 aromatic heterocycles. The van der Waals surface area contributed by atoms with E-state index in [9.17, 15) is 28.8 Å². The number of fused-ring (bicyclic) bond motifs is 1. The first-order valence-corrected chi connectivity index (χ1v) is 18.0. The van der Waals surface area contributed by atoms with Gasteiger partial charge < -0.3 is 33.2 Å². The molecule has 0 bridgehead atoms. The molecule has 3 aromatic rings. The predicted molar refractivity (Wildman–Crippen MR) is 192 cm³/mol. The highest BCUT2D eigenvalue weighted by atomic mass is 16.7. The summed E-state index contributed by atoms with van der Waals surface area (Å²) in [6.07, 6.45) is -5.39. The van der Waals surface area contributed by atoms with Gasteiger partial charge in [-0.25, -0.2) is 9.48 Å². The number of esters is 5. The lowest BCUT2D eigenvalue weighted by Crippen LogP contribution is -2.60. The van der Waals surface area contributed by atoms with E-state index in [2.05, 4.69) is 29.1 Å². The molecule has 56 heavy (non-hydrogen) atoms. The van der Waals surface area contributed by atoms with Crippen LogP contribution in [0.25, 0.3) is 0 Å². The number of hydrogen-bond donors (Lipinski definition) is 0. The van der Waals surface area contributed by atoms with E-state index in [1.165, 1.54) is 22.4 Å². The van der Waals surface area contributed by atoms with Crippen molar-refractivity contribution in [2.24, 2.45) is 0 Å². The van der Waals surface area contributed by atoms with Crippen molar-refractivity contribution in [3.63, 3.8) is 0 Å². The van der Waals surface area contributed by atoms with Crippen LogP contribution in [0, 0.1) is 6.92 Å². The fraction of sp³-hybridized carbons (Fsp3) is 0.500. The van der Waals surface area contributed by atoms with Gasteiger partial charge in [-0.15, -0.1) is 5.10 Å². The van der Waals surface area contributed by atoms with Crippen LogP contribution in [-0.2, 0) is 58.9 Å². The van der Waals surface area contributed by atoms with Crippen molar-refractivity contribution in [2.75, 3.05) is 13.2 Å². The van der Waals surface area contributed by atoms with Crippen LogP contribution < -0.4 is 10.3 Å². The zero-order valence-electron chi connectivity index (χ0n) is 32.6. The minimum absolute atomic E-state index is 0.0494. The molecule has 18 nitrogen and oxygen atoms in total. The van der Waals surface area contributed by atoms with Crippen LogP contribution >= 0.6 is 0 Å². The lowest BCUT2D eigenvalue weighted by atomic mass is 9.83. The molecule has 0 radical (unpaired) electrons. The van der Waals surface area contributed by atoms with Crippen LogP contribution in [0.15, 0.2) is 46.6 Å². The van der Waals surface area contributed by atoms with E-state index in [0.29, 0.717) is 5.56 Å². The number of allylic oxidation sites excluding steroid dienone is 1. The topological polar surface area (TPSA) is 216 Å². The first kappa shape index (κ1) is 41.3. The third-order valence-corrected chi connectivity index (χ3v) is 9.10. The Bertz CT molecular complexity index is 2090. The molecule has 0 aliphatic carbocycles. The van der Waals surface area contributed by atoms with Gasteiger partial charge in [0.15, 0.2) is 24.5 Å². The fourth-order valence-corrected chi connectivity index (χ4v) is 6.68. The van der Waals surface area contributed by atoms with E-state index in [1.54, 1.807) is 20.8 Å². The van der Waals surface area contributed by atoms with Crippen LogP contribution in [0.5, 0.6) is 5.88 Å². The summed E-state index contributed by atoms with van der Waals surface area (Å²) in [5, 5.41) is 8.43. The van der Waals surface area contributed by atoms with Gasteiger partial charge in [0.25, 0.3) is 5.56 Å². The molecule has 300 valence electrons. The second-order valence-corrected chi connectivity index (χ2v) is 13.6. The number of benzene rings is 1. The number of rotatable bonds is 12. The average Bonchev–Trinajstić information content (AvgIpc) is 3.58. The number of aromatic nitrogens is 5. The summed E-state index contributed by atoms with van der Waals surface area (Å²) in [5.41, 5.74) is 1.72. The monoisotopic (exact) mass is 779 g/mol. The molecule has 0 N–H and O–H groups in total. The number of nitrogens with zero attached hydrogens (tertiary/aromatic N) is 5. The number of aryl methyl sites for hydroxylation is 1. The van der Waals surface area contributed by atoms with Gasteiger partial charge in [0.05, 0.1) is 36.4 Å². The molecule has 2 aliphatic rings. The van der Waals surface area contributed by atoms with Crippen molar-refractivity contribution >= 4 is 29.8 Å². The quantitative estimate of drug-likeness (QED) is 0.191. The van der Waals surface area contributed by atoms with Gasteiger partial charge in [-0.1, -0.05) is 43.3 Å². The van der Waals surface area contributed by atoms with Crippen molar-refractivity contribution in [1.82, 2.24) is 24.5 Å². The smallest absolute Gasteiger partial charge is 0.338 e. The maximum Gasteiger partial charge on any atom is 0.338 e. The van der Waals surface area contributed by atoms with Crippen LogP contribution in [0.4, 0.5) is 0 Å². The SMILES string of the molecule is CCOC(=O)C1=C(C)Oc2nc(C)n(Cc3cn([C@@H]4O[C@H](COC(C)=O)[C@@H](OC(C)=O)[C@H](OC(C)=O)[C@H]4OC(C)=O)nn3)c(=O)c2C1c1ccc(C(C)C)cc1. The average molecular weight is 780 g/mol. The summed E-state index contributed by atoms with van der Waals surface area (Å²) in [6, 6.07) is 7.62. The molecule has 0 amide bonds. The second kappa shape index (κ2) is 17.3. The number of ether oxygens (including phenoxy) is 7. The maximum atomic E-state index is 14.6. The van der Waals surface area contributed by atoms with Gasteiger partial charge in [0.2, 0.25) is 5.88 Å². The molecule has 0 spiro atoms.